The number of hydrogen-bond donors (Lipinski definition) is 2. The summed E-state index contributed by atoms with van der Waals surface area (Å²) in [5, 5.41) is 6.97. The first-order valence-electron chi connectivity index (χ1n) is 9.62. The molecule has 0 aromatic carbocycles. The highest BCUT2D eigenvalue weighted by molar-refractivity contribution is 5.80. The third-order valence-electron chi connectivity index (χ3n) is 5.75. The minimum atomic E-state index is -0.270. The van der Waals surface area contributed by atoms with Crippen LogP contribution in [0.15, 0.2) is 23.3 Å². The third kappa shape index (κ3) is 4.68. The lowest BCUT2D eigenvalue weighted by Crippen LogP contribution is -2.57. The second-order valence-corrected chi connectivity index (χ2v) is 7.54. The summed E-state index contributed by atoms with van der Waals surface area (Å²) >= 11 is 0. The summed E-state index contributed by atoms with van der Waals surface area (Å²) in [5.74, 6) is 0.947. The Morgan fingerprint density at radius 1 is 1.44 bits per heavy atom. The lowest BCUT2D eigenvalue weighted by Gasteiger charge is -2.43. The average molecular weight is 378 g/mol. The number of aliphatic imine (C=N–C) groups is 1. The van der Waals surface area contributed by atoms with E-state index in [0.29, 0.717) is 12.4 Å². The molecule has 8 heteroatoms. The van der Waals surface area contributed by atoms with Crippen LogP contribution in [0, 0.1) is 5.82 Å². The van der Waals surface area contributed by atoms with Gasteiger partial charge in [-0.15, -0.1) is 0 Å². The molecule has 1 aromatic heterocycles. The van der Waals surface area contributed by atoms with Crippen LogP contribution in [0.25, 0.3) is 0 Å². The monoisotopic (exact) mass is 378 g/mol. The SMILES string of the molecule is CN=C(NCC1(N(C)C)CCOCC1)NC1CCN(c2ncccc2F)C1. The average Bonchev–Trinajstić information content (AvgIpc) is 3.14. The predicted octanol–water partition coefficient (Wildman–Crippen LogP) is 1.08. The molecular formula is C19H31FN6O. The van der Waals surface area contributed by atoms with E-state index < -0.39 is 0 Å². The number of pyridine rings is 1. The maximum atomic E-state index is 14.0. The number of nitrogens with zero attached hydrogens (tertiary/aromatic N) is 4. The fraction of sp³-hybridized carbons (Fsp3) is 0.684. The van der Waals surface area contributed by atoms with E-state index in [1.807, 2.05) is 4.90 Å². The van der Waals surface area contributed by atoms with Crippen molar-refractivity contribution in [3.05, 3.63) is 24.1 Å². The largest absolute Gasteiger partial charge is 0.381 e. The molecule has 2 fully saturated rings. The Bertz CT molecular complexity index is 647. The van der Waals surface area contributed by atoms with Crippen LogP contribution in [0.2, 0.25) is 0 Å². The number of hydrogen-bond acceptors (Lipinski definition) is 5. The Labute approximate surface area is 161 Å². The number of guanidine groups is 1. The van der Waals surface area contributed by atoms with Crippen molar-refractivity contribution in [3.63, 3.8) is 0 Å². The van der Waals surface area contributed by atoms with Crippen molar-refractivity contribution in [2.45, 2.75) is 30.8 Å². The van der Waals surface area contributed by atoms with Crippen LogP contribution in [0.3, 0.4) is 0 Å². The van der Waals surface area contributed by atoms with Gasteiger partial charge in [0.25, 0.3) is 0 Å². The summed E-state index contributed by atoms with van der Waals surface area (Å²) in [6, 6.07) is 3.29. The number of ether oxygens (including phenoxy) is 1. The van der Waals surface area contributed by atoms with E-state index >= 15 is 0 Å². The lowest BCUT2D eigenvalue weighted by atomic mass is 9.88. The van der Waals surface area contributed by atoms with Gasteiger partial charge in [0.1, 0.15) is 0 Å². The molecule has 1 atom stereocenters. The zero-order valence-corrected chi connectivity index (χ0v) is 16.5. The van der Waals surface area contributed by atoms with Gasteiger partial charge >= 0.3 is 0 Å². The Morgan fingerprint density at radius 2 is 2.22 bits per heavy atom. The maximum Gasteiger partial charge on any atom is 0.191 e. The van der Waals surface area contributed by atoms with Crippen molar-refractivity contribution >= 4 is 11.8 Å². The number of anilines is 1. The minimum Gasteiger partial charge on any atom is -0.381 e. The number of likely N-dealkylation sites (N-methyl/N-ethyl adjacent to an activating group) is 1. The van der Waals surface area contributed by atoms with Gasteiger partial charge in [0.2, 0.25) is 0 Å². The molecule has 2 N–H and O–H groups in total. The molecule has 1 unspecified atom stereocenters. The van der Waals surface area contributed by atoms with E-state index in [1.54, 1.807) is 19.3 Å². The molecule has 0 spiro atoms. The number of nitrogens with one attached hydrogen (secondary N) is 2. The molecule has 0 bridgehead atoms. The van der Waals surface area contributed by atoms with Crippen LogP contribution in [0.4, 0.5) is 10.2 Å². The zero-order valence-electron chi connectivity index (χ0n) is 16.5. The van der Waals surface area contributed by atoms with Crippen molar-refractivity contribution in [3.8, 4) is 0 Å². The van der Waals surface area contributed by atoms with E-state index in [-0.39, 0.29) is 17.4 Å². The predicted molar refractivity (Wildman–Crippen MR) is 106 cm³/mol. The fourth-order valence-corrected chi connectivity index (χ4v) is 3.85. The first kappa shape index (κ1) is 19.8. The van der Waals surface area contributed by atoms with Crippen molar-refractivity contribution in [2.24, 2.45) is 4.99 Å². The highest BCUT2D eigenvalue weighted by atomic mass is 19.1. The summed E-state index contributed by atoms with van der Waals surface area (Å²) < 4.78 is 19.5. The third-order valence-corrected chi connectivity index (χ3v) is 5.75. The van der Waals surface area contributed by atoms with Gasteiger partial charge in [-0.05, 0) is 45.5 Å². The normalized spacial score (nSPS) is 22.9. The van der Waals surface area contributed by atoms with Crippen LogP contribution < -0.4 is 15.5 Å². The van der Waals surface area contributed by atoms with Gasteiger partial charge in [0.15, 0.2) is 17.6 Å². The standard InChI is InChI=1S/C19H31FN6O/c1-21-18(23-14-19(25(2)3)7-11-27-12-8-19)24-15-6-10-26(13-15)17-16(20)5-4-9-22-17/h4-5,9,15H,6-8,10-14H2,1-3H3,(H2,21,23,24). The Balaban J connectivity index is 1.54. The van der Waals surface area contributed by atoms with Gasteiger partial charge in [-0.3, -0.25) is 4.99 Å². The first-order valence-corrected chi connectivity index (χ1v) is 9.62. The van der Waals surface area contributed by atoms with Gasteiger partial charge in [-0.2, -0.15) is 0 Å². The summed E-state index contributed by atoms with van der Waals surface area (Å²) in [5.41, 5.74) is 0.0780. The van der Waals surface area contributed by atoms with E-state index in [1.165, 1.54) is 6.07 Å². The first-order chi connectivity index (χ1) is 13.0. The summed E-state index contributed by atoms with van der Waals surface area (Å²) in [6.07, 6.45) is 4.55. The summed E-state index contributed by atoms with van der Waals surface area (Å²) in [7, 11) is 6.03. The second kappa shape index (κ2) is 8.84. The van der Waals surface area contributed by atoms with Gasteiger partial charge < -0.3 is 25.2 Å². The van der Waals surface area contributed by atoms with Crippen molar-refractivity contribution in [1.29, 1.82) is 0 Å². The quantitative estimate of drug-likeness (QED) is 0.590. The fourth-order valence-electron chi connectivity index (χ4n) is 3.85. The number of aromatic nitrogens is 1. The Kier molecular flexibility index (Phi) is 6.49. The van der Waals surface area contributed by atoms with Crippen molar-refractivity contribution in [1.82, 2.24) is 20.5 Å². The van der Waals surface area contributed by atoms with E-state index in [0.717, 1.165) is 51.5 Å². The van der Waals surface area contributed by atoms with Gasteiger partial charge in [-0.1, -0.05) is 0 Å². The van der Waals surface area contributed by atoms with E-state index in [4.69, 9.17) is 4.74 Å². The van der Waals surface area contributed by atoms with Gasteiger partial charge in [0, 0.05) is 57.7 Å². The Hall–Kier alpha value is -1.93. The molecule has 2 aliphatic rings. The summed E-state index contributed by atoms with van der Waals surface area (Å²) in [4.78, 5) is 12.8. The maximum absolute atomic E-state index is 14.0. The van der Waals surface area contributed by atoms with Crippen molar-refractivity contribution < 1.29 is 9.13 Å². The highest BCUT2D eigenvalue weighted by Crippen LogP contribution is 2.25. The van der Waals surface area contributed by atoms with Crippen LogP contribution in [-0.2, 0) is 4.74 Å². The van der Waals surface area contributed by atoms with E-state index in [2.05, 4.69) is 39.6 Å². The Morgan fingerprint density at radius 3 is 2.89 bits per heavy atom. The zero-order chi connectivity index (χ0) is 19.3. The van der Waals surface area contributed by atoms with Gasteiger partial charge in [0.05, 0.1) is 0 Å². The van der Waals surface area contributed by atoms with Crippen LogP contribution in [-0.4, -0.2) is 81.4 Å². The highest BCUT2D eigenvalue weighted by Gasteiger charge is 2.35. The molecular weight excluding hydrogens is 347 g/mol. The molecule has 3 heterocycles. The molecule has 2 saturated heterocycles. The molecule has 0 amide bonds. The topological polar surface area (TPSA) is 65.0 Å². The second-order valence-electron chi connectivity index (χ2n) is 7.54. The van der Waals surface area contributed by atoms with Crippen LogP contribution in [0.1, 0.15) is 19.3 Å². The summed E-state index contributed by atoms with van der Waals surface area (Å²) in [6.45, 7) is 3.88. The number of halogens is 1. The van der Waals surface area contributed by atoms with Gasteiger partial charge in [-0.25, -0.2) is 9.37 Å². The molecule has 0 aliphatic carbocycles. The molecule has 1 aromatic rings. The molecule has 27 heavy (non-hydrogen) atoms. The molecule has 0 radical (unpaired) electrons. The molecule has 2 aliphatic heterocycles. The smallest absolute Gasteiger partial charge is 0.191 e. The lowest BCUT2D eigenvalue weighted by molar-refractivity contribution is -0.00502. The molecule has 3 rings (SSSR count). The van der Waals surface area contributed by atoms with E-state index in [9.17, 15) is 4.39 Å². The molecule has 150 valence electrons. The van der Waals surface area contributed by atoms with Crippen LogP contribution in [0.5, 0.6) is 0 Å². The van der Waals surface area contributed by atoms with Crippen LogP contribution >= 0.6 is 0 Å². The molecule has 7 nitrogen and oxygen atoms in total. The number of rotatable bonds is 5. The van der Waals surface area contributed by atoms with Crippen molar-refractivity contribution in [2.75, 3.05) is 58.9 Å². The minimum absolute atomic E-state index is 0.0780. The molecule has 0 saturated carbocycles.